The quantitative estimate of drug-likeness (QED) is 0.792. The molecule has 2 aromatic rings. The molecule has 0 fully saturated rings. The third-order valence-electron chi connectivity index (χ3n) is 2.75. The van der Waals surface area contributed by atoms with Gasteiger partial charge in [0.1, 0.15) is 5.01 Å². The van der Waals surface area contributed by atoms with E-state index < -0.39 is 0 Å². The van der Waals surface area contributed by atoms with Crippen molar-refractivity contribution >= 4 is 40.4 Å². The SMILES string of the molecule is CNCCNC(=O)Cc1csc(-c2ccc(Cl)cc2Cl)n1. The Morgan fingerprint density at radius 2 is 2.14 bits per heavy atom. The summed E-state index contributed by atoms with van der Waals surface area (Å²) in [7, 11) is 1.84. The summed E-state index contributed by atoms with van der Waals surface area (Å²) in [4.78, 5) is 16.2. The highest BCUT2D eigenvalue weighted by atomic mass is 35.5. The molecule has 0 radical (unpaired) electrons. The highest BCUT2D eigenvalue weighted by Crippen LogP contribution is 2.32. The van der Waals surface area contributed by atoms with Gasteiger partial charge in [-0.1, -0.05) is 23.2 Å². The number of halogens is 2. The van der Waals surface area contributed by atoms with Crippen molar-refractivity contribution in [3.8, 4) is 10.6 Å². The number of hydrogen-bond acceptors (Lipinski definition) is 4. The Balaban J connectivity index is 2.02. The molecule has 112 valence electrons. The van der Waals surface area contributed by atoms with Gasteiger partial charge in [-0.2, -0.15) is 0 Å². The van der Waals surface area contributed by atoms with Crippen molar-refractivity contribution in [2.45, 2.75) is 6.42 Å². The molecule has 0 saturated carbocycles. The minimum atomic E-state index is -0.0377. The lowest BCUT2D eigenvalue weighted by atomic mass is 10.2. The van der Waals surface area contributed by atoms with E-state index in [0.29, 0.717) is 16.6 Å². The van der Waals surface area contributed by atoms with E-state index in [-0.39, 0.29) is 12.3 Å². The van der Waals surface area contributed by atoms with Crippen molar-refractivity contribution in [2.75, 3.05) is 20.1 Å². The molecule has 0 saturated heterocycles. The first kappa shape index (κ1) is 16.2. The van der Waals surface area contributed by atoms with Crippen LogP contribution in [0.3, 0.4) is 0 Å². The first-order chi connectivity index (χ1) is 10.1. The molecule has 2 rings (SSSR count). The molecule has 1 heterocycles. The lowest BCUT2D eigenvalue weighted by Crippen LogP contribution is -2.31. The van der Waals surface area contributed by atoms with Crippen LogP contribution in [0, 0.1) is 0 Å². The number of likely N-dealkylation sites (N-methyl/N-ethyl adjacent to an activating group) is 1. The number of aromatic nitrogens is 1. The highest BCUT2D eigenvalue weighted by Gasteiger charge is 2.11. The minimum Gasteiger partial charge on any atom is -0.354 e. The van der Waals surface area contributed by atoms with E-state index in [1.807, 2.05) is 18.5 Å². The van der Waals surface area contributed by atoms with Gasteiger partial charge in [-0.3, -0.25) is 4.79 Å². The predicted octanol–water partition coefficient (Wildman–Crippen LogP) is 3.00. The van der Waals surface area contributed by atoms with Gasteiger partial charge in [-0.15, -0.1) is 11.3 Å². The van der Waals surface area contributed by atoms with Crippen molar-refractivity contribution in [2.24, 2.45) is 0 Å². The molecule has 0 aliphatic heterocycles. The van der Waals surface area contributed by atoms with Crippen molar-refractivity contribution < 1.29 is 4.79 Å². The Bertz CT molecular complexity index is 630. The molecule has 0 aliphatic rings. The van der Waals surface area contributed by atoms with Crippen molar-refractivity contribution in [3.63, 3.8) is 0 Å². The van der Waals surface area contributed by atoms with Gasteiger partial charge in [0, 0.05) is 29.1 Å². The lowest BCUT2D eigenvalue weighted by Gasteiger charge is -2.03. The van der Waals surface area contributed by atoms with Crippen LogP contribution in [0.5, 0.6) is 0 Å². The van der Waals surface area contributed by atoms with Crippen LogP contribution in [0.15, 0.2) is 23.6 Å². The summed E-state index contributed by atoms with van der Waals surface area (Å²) in [6.07, 6.45) is 0.269. The van der Waals surface area contributed by atoms with E-state index in [2.05, 4.69) is 15.6 Å². The molecule has 1 amide bonds. The van der Waals surface area contributed by atoms with E-state index in [1.165, 1.54) is 11.3 Å². The van der Waals surface area contributed by atoms with Crippen molar-refractivity contribution in [3.05, 3.63) is 39.3 Å². The molecular weight excluding hydrogens is 329 g/mol. The first-order valence-corrected chi connectivity index (χ1v) is 8.05. The number of rotatable bonds is 6. The third-order valence-corrected chi connectivity index (χ3v) is 4.22. The summed E-state index contributed by atoms with van der Waals surface area (Å²) < 4.78 is 0. The Morgan fingerprint density at radius 3 is 2.86 bits per heavy atom. The molecule has 0 atom stereocenters. The summed E-state index contributed by atoms with van der Waals surface area (Å²) in [5.41, 5.74) is 1.57. The largest absolute Gasteiger partial charge is 0.354 e. The van der Waals surface area contributed by atoms with Crippen molar-refractivity contribution in [1.82, 2.24) is 15.6 Å². The number of nitrogens with one attached hydrogen (secondary N) is 2. The molecule has 0 aliphatic carbocycles. The predicted molar refractivity (Wildman–Crippen MR) is 88.2 cm³/mol. The number of carbonyl (C=O) groups is 1. The minimum absolute atomic E-state index is 0.0377. The number of nitrogens with zero attached hydrogens (tertiary/aromatic N) is 1. The molecular formula is C14H15Cl2N3OS. The topological polar surface area (TPSA) is 54.0 Å². The molecule has 21 heavy (non-hydrogen) atoms. The maximum atomic E-state index is 11.7. The average Bonchev–Trinajstić information content (AvgIpc) is 2.87. The molecule has 0 bridgehead atoms. The van der Waals surface area contributed by atoms with E-state index in [4.69, 9.17) is 23.2 Å². The number of benzene rings is 1. The van der Waals surface area contributed by atoms with Gasteiger partial charge < -0.3 is 10.6 Å². The maximum absolute atomic E-state index is 11.7. The first-order valence-electron chi connectivity index (χ1n) is 6.41. The van der Waals surface area contributed by atoms with Crippen LogP contribution in [-0.2, 0) is 11.2 Å². The van der Waals surface area contributed by atoms with Crippen LogP contribution in [0.2, 0.25) is 10.0 Å². The van der Waals surface area contributed by atoms with E-state index >= 15 is 0 Å². The molecule has 1 aromatic heterocycles. The number of thiazole rings is 1. The van der Waals surface area contributed by atoms with Gasteiger partial charge in [0.2, 0.25) is 5.91 Å². The van der Waals surface area contributed by atoms with Crippen LogP contribution >= 0.6 is 34.5 Å². The Hall–Kier alpha value is -1.14. The van der Waals surface area contributed by atoms with Crippen LogP contribution < -0.4 is 10.6 Å². The monoisotopic (exact) mass is 343 g/mol. The molecule has 4 nitrogen and oxygen atoms in total. The zero-order valence-electron chi connectivity index (χ0n) is 11.5. The number of hydrogen-bond donors (Lipinski definition) is 2. The van der Waals surface area contributed by atoms with E-state index in [1.54, 1.807) is 12.1 Å². The van der Waals surface area contributed by atoms with E-state index in [0.717, 1.165) is 22.8 Å². The fraction of sp³-hybridized carbons (Fsp3) is 0.286. The van der Waals surface area contributed by atoms with Gasteiger partial charge in [0.25, 0.3) is 0 Å². The van der Waals surface area contributed by atoms with Gasteiger partial charge in [0.05, 0.1) is 17.1 Å². The third kappa shape index (κ3) is 4.68. The summed E-state index contributed by atoms with van der Waals surface area (Å²) in [5, 5.41) is 9.59. The fourth-order valence-electron chi connectivity index (χ4n) is 1.73. The molecule has 7 heteroatoms. The second-order valence-corrected chi connectivity index (χ2v) is 6.10. The standard InChI is InChI=1S/C14H15Cl2N3OS/c1-17-4-5-18-13(20)7-10-8-21-14(19-10)11-3-2-9(15)6-12(11)16/h2-3,6,8,17H,4-5,7H2,1H3,(H,18,20). The van der Waals surface area contributed by atoms with Crippen LogP contribution in [0.4, 0.5) is 0 Å². The number of amides is 1. The summed E-state index contributed by atoms with van der Waals surface area (Å²) in [6, 6.07) is 5.29. The Morgan fingerprint density at radius 1 is 1.33 bits per heavy atom. The lowest BCUT2D eigenvalue weighted by molar-refractivity contribution is -0.120. The number of carbonyl (C=O) groups excluding carboxylic acids is 1. The smallest absolute Gasteiger partial charge is 0.226 e. The highest BCUT2D eigenvalue weighted by molar-refractivity contribution is 7.13. The van der Waals surface area contributed by atoms with Gasteiger partial charge in [-0.25, -0.2) is 4.98 Å². The second-order valence-electron chi connectivity index (χ2n) is 4.40. The fourth-order valence-corrected chi connectivity index (χ4v) is 3.14. The average molecular weight is 344 g/mol. The summed E-state index contributed by atoms with van der Waals surface area (Å²) in [6.45, 7) is 1.35. The summed E-state index contributed by atoms with van der Waals surface area (Å²) >= 11 is 13.5. The molecule has 1 aromatic carbocycles. The zero-order valence-corrected chi connectivity index (χ0v) is 13.8. The summed E-state index contributed by atoms with van der Waals surface area (Å²) in [5.74, 6) is -0.0377. The molecule has 0 unspecified atom stereocenters. The van der Waals surface area contributed by atoms with Gasteiger partial charge in [-0.05, 0) is 25.2 Å². The van der Waals surface area contributed by atoms with Gasteiger partial charge >= 0.3 is 0 Å². The molecule has 2 N–H and O–H groups in total. The zero-order chi connectivity index (χ0) is 15.2. The Labute approximate surface area is 137 Å². The van der Waals surface area contributed by atoms with Crippen molar-refractivity contribution in [1.29, 1.82) is 0 Å². The normalized spacial score (nSPS) is 10.6. The van der Waals surface area contributed by atoms with Crippen LogP contribution in [0.1, 0.15) is 5.69 Å². The van der Waals surface area contributed by atoms with Gasteiger partial charge in [0.15, 0.2) is 0 Å². The van der Waals surface area contributed by atoms with E-state index in [9.17, 15) is 4.79 Å². The Kier molecular flexibility index (Phi) is 5.99. The molecule has 0 spiro atoms. The van der Waals surface area contributed by atoms with Crippen LogP contribution in [-0.4, -0.2) is 31.0 Å². The maximum Gasteiger partial charge on any atom is 0.226 e. The second kappa shape index (κ2) is 7.75. The van der Waals surface area contributed by atoms with Crippen LogP contribution in [0.25, 0.3) is 10.6 Å².